The van der Waals surface area contributed by atoms with Crippen molar-refractivity contribution >= 4 is 5.91 Å². The van der Waals surface area contributed by atoms with Crippen LogP contribution in [0.2, 0.25) is 0 Å². The Balaban J connectivity index is 4.21. The summed E-state index contributed by atoms with van der Waals surface area (Å²) in [4.78, 5) is 11.7. The van der Waals surface area contributed by atoms with Gasteiger partial charge in [-0.05, 0) is 20.3 Å². The van der Waals surface area contributed by atoms with Crippen LogP contribution in [-0.4, -0.2) is 43.9 Å². The normalized spacial score (nSPS) is 13.7. The minimum atomic E-state index is -0.582. The molecule has 0 aliphatic rings. The highest BCUT2D eigenvalue weighted by Gasteiger charge is 2.27. The molecule has 0 radical (unpaired) electrons. The van der Waals surface area contributed by atoms with Gasteiger partial charge in [-0.15, -0.1) is 0 Å². The molecule has 5 heteroatoms. The lowest BCUT2D eigenvalue weighted by atomic mass is 9.92. The molecule has 0 aromatic carbocycles. The van der Waals surface area contributed by atoms with Gasteiger partial charge in [0.25, 0.3) is 0 Å². The highest BCUT2D eigenvalue weighted by molar-refractivity contribution is 5.82. The molecule has 0 spiro atoms. The van der Waals surface area contributed by atoms with Crippen molar-refractivity contribution in [2.45, 2.75) is 26.3 Å². The van der Waals surface area contributed by atoms with Crippen molar-refractivity contribution in [3.8, 4) is 0 Å². The summed E-state index contributed by atoms with van der Waals surface area (Å²) < 4.78 is 4.95. The fourth-order valence-corrected chi connectivity index (χ4v) is 1.03. The Labute approximate surface area is 91.0 Å². The van der Waals surface area contributed by atoms with Crippen molar-refractivity contribution in [1.82, 2.24) is 5.32 Å². The van der Waals surface area contributed by atoms with E-state index in [-0.39, 0.29) is 25.1 Å². The summed E-state index contributed by atoms with van der Waals surface area (Å²) in [5, 5.41) is 11.6. The summed E-state index contributed by atoms with van der Waals surface area (Å²) in [5.74, 6) is -0.111. The molecular weight excluding hydrogens is 196 g/mol. The zero-order chi connectivity index (χ0) is 11.9. The highest BCUT2D eigenvalue weighted by atomic mass is 16.5. The van der Waals surface area contributed by atoms with Gasteiger partial charge < -0.3 is 20.9 Å². The molecule has 0 saturated carbocycles. The third kappa shape index (κ3) is 5.11. The topological polar surface area (TPSA) is 84.6 Å². The molecule has 0 bridgehead atoms. The predicted octanol–water partition coefficient (Wildman–Crippen LogP) is -0.515. The average Bonchev–Trinajstić information content (AvgIpc) is 2.18. The summed E-state index contributed by atoms with van der Waals surface area (Å²) in [6, 6.07) is -0.154. The number of nitrogens with two attached hydrogens (primary N) is 1. The van der Waals surface area contributed by atoms with E-state index in [0.717, 1.165) is 0 Å². The van der Waals surface area contributed by atoms with E-state index >= 15 is 0 Å². The van der Waals surface area contributed by atoms with Gasteiger partial charge in [0, 0.05) is 20.3 Å². The molecule has 15 heavy (non-hydrogen) atoms. The maximum atomic E-state index is 11.7. The summed E-state index contributed by atoms with van der Waals surface area (Å²) in [6.07, 6.45) is 0.486. The fourth-order valence-electron chi connectivity index (χ4n) is 1.03. The third-order valence-corrected chi connectivity index (χ3v) is 2.31. The van der Waals surface area contributed by atoms with Crippen LogP contribution in [0, 0.1) is 5.41 Å². The zero-order valence-electron chi connectivity index (χ0n) is 9.75. The number of rotatable bonds is 7. The number of aliphatic hydroxyl groups excluding tert-OH is 1. The van der Waals surface area contributed by atoms with Crippen LogP contribution in [0.4, 0.5) is 0 Å². The first-order valence-electron chi connectivity index (χ1n) is 5.08. The quantitative estimate of drug-likeness (QED) is 0.537. The molecule has 0 aromatic rings. The fraction of sp³-hybridized carbons (Fsp3) is 0.900. The van der Waals surface area contributed by atoms with Crippen molar-refractivity contribution in [3.05, 3.63) is 0 Å². The molecule has 4 N–H and O–H groups in total. The van der Waals surface area contributed by atoms with Gasteiger partial charge >= 0.3 is 0 Å². The van der Waals surface area contributed by atoms with Crippen LogP contribution in [0.25, 0.3) is 0 Å². The lowest BCUT2D eigenvalue weighted by Crippen LogP contribution is -2.47. The average molecular weight is 218 g/mol. The molecule has 0 aromatic heterocycles. The Kier molecular flexibility index (Phi) is 6.47. The van der Waals surface area contributed by atoms with E-state index in [4.69, 9.17) is 15.6 Å². The van der Waals surface area contributed by atoms with Crippen molar-refractivity contribution < 1.29 is 14.6 Å². The molecule has 1 amide bonds. The van der Waals surface area contributed by atoms with E-state index < -0.39 is 5.41 Å². The molecule has 0 heterocycles. The highest BCUT2D eigenvalue weighted by Crippen LogP contribution is 2.12. The molecule has 0 saturated heterocycles. The van der Waals surface area contributed by atoms with Gasteiger partial charge in [-0.2, -0.15) is 0 Å². The second kappa shape index (κ2) is 6.76. The number of hydrogen-bond donors (Lipinski definition) is 3. The number of ether oxygens (including phenoxy) is 1. The summed E-state index contributed by atoms with van der Waals surface area (Å²) >= 11 is 0. The van der Waals surface area contributed by atoms with Gasteiger partial charge in [-0.25, -0.2) is 0 Å². The van der Waals surface area contributed by atoms with E-state index in [1.807, 2.05) is 0 Å². The van der Waals surface area contributed by atoms with E-state index in [1.54, 1.807) is 21.0 Å². The largest absolute Gasteiger partial charge is 0.396 e. The third-order valence-electron chi connectivity index (χ3n) is 2.31. The Morgan fingerprint density at radius 3 is 2.60 bits per heavy atom. The second-order valence-corrected chi connectivity index (χ2v) is 4.23. The van der Waals surface area contributed by atoms with Gasteiger partial charge in [0.15, 0.2) is 0 Å². The maximum absolute atomic E-state index is 11.7. The van der Waals surface area contributed by atoms with Crippen LogP contribution in [0.5, 0.6) is 0 Å². The lowest BCUT2D eigenvalue weighted by Gasteiger charge is -2.25. The van der Waals surface area contributed by atoms with E-state index in [9.17, 15) is 4.79 Å². The van der Waals surface area contributed by atoms with Crippen molar-refractivity contribution in [2.75, 3.05) is 26.9 Å². The van der Waals surface area contributed by atoms with Gasteiger partial charge in [0.1, 0.15) is 0 Å². The van der Waals surface area contributed by atoms with Gasteiger partial charge in [0.2, 0.25) is 5.91 Å². The Morgan fingerprint density at radius 2 is 2.20 bits per heavy atom. The van der Waals surface area contributed by atoms with Crippen LogP contribution in [-0.2, 0) is 9.53 Å². The zero-order valence-corrected chi connectivity index (χ0v) is 9.75. The Bertz CT molecular complexity index is 189. The first kappa shape index (κ1) is 14.3. The molecule has 0 fully saturated rings. The number of hydrogen-bond acceptors (Lipinski definition) is 4. The van der Waals surface area contributed by atoms with E-state index in [0.29, 0.717) is 13.0 Å². The number of aliphatic hydroxyl groups is 1. The molecule has 5 nitrogen and oxygen atoms in total. The standard InChI is InChI=1S/C10H22N2O3/c1-10(2,7-11)9(14)12-8(4-5-13)6-15-3/h8,13H,4-7,11H2,1-3H3,(H,12,14). The molecule has 1 atom stereocenters. The minimum Gasteiger partial charge on any atom is -0.396 e. The second-order valence-electron chi connectivity index (χ2n) is 4.23. The van der Waals surface area contributed by atoms with Gasteiger partial charge in [-0.1, -0.05) is 0 Å². The van der Waals surface area contributed by atoms with Crippen molar-refractivity contribution in [1.29, 1.82) is 0 Å². The first-order chi connectivity index (χ1) is 6.97. The molecule has 0 aliphatic carbocycles. The number of nitrogens with one attached hydrogen (secondary N) is 1. The molecule has 1 unspecified atom stereocenters. The number of amides is 1. The predicted molar refractivity (Wildman–Crippen MR) is 58.3 cm³/mol. The van der Waals surface area contributed by atoms with Gasteiger partial charge in [-0.3, -0.25) is 4.79 Å². The summed E-state index contributed by atoms with van der Waals surface area (Å²) in [7, 11) is 1.56. The SMILES string of the molecule is COCC(CCO)NC(=O)C(C)(C)CN. The van der Waals surface area contributed by atoms with E-state index in [1.165, 1.54) is 0 Å². The van der Waals surface area contributed by atoms with Gasteiger partial charge in [0.05, 0.1) is 18.1 Å². The van der Waals surface area contributed by atoms with Crippen LogP contribution >= 0.6 is 0 Å². The van der Waals surface area contributed by atoms with Crippen LogP contribution in [0.3, 0.4) is 0 Å². The summed E-state index contributed by atoms with van der Waals surface area (Å²) in [5.41, 5.74) is 4.91. The lowest BCUT2D eigenvalue weighted by molar-refractivity contribution is -0.130. The minimum absolute atomic E-state index is 0.0252. The van der Waals surface area contributed by atoms with Crippen LogP contribution < -0.4 is 11.1 Å². The Morgan fingerprint density at radius 1 is 1.60 bits per heavy atom. The monoisotopic (exact) mass is 218 g/mol. The molecular formula is C10H22N2O3. The number of carbonyl (C=O) groups excluding carboxylic acids is 1. The van der Waals surface area contributed by atoms with Crippen molar-refractivity contribution in [2.24, 2.45) is 11.1 Å². The molecule has 0 aliphatic heterocycles. The molecule has 0 rings (SSSR count). The summed E-state index contributed by atoms with van der Waals surface area (Å²) in [6.45, 7) is 4.28. The van der Waals surface area contributed by atoms with Crippen LogP contribution in [0.15, 0.2) is 0 Å². The molecule has 90 valence electrons. The smallest absolute Gasteiger partial charge is 0.227 e. The Hall–Kier alpha value is -0.650. The number of methoxy groups -OCH3 is 1. The van der Waals surface area contributed by atoms with E-state index in [2.05, 4.69) is 5.32 Å². The number of carbonyl (C=O) groups is 1. The first-order valence-corrected chi connectivity index (χ1v) is 5.08. The van der Waals surface area contributed by atoms with Crippen LogP contribution in [0.1, 0.15) is 20.3 Å². The van der Waals surface area contributed by atoms with Crippen molar-refractivity contribution in [3.63, 3.8) is 0 Å². The maximum Gasteiger partial charge on any atom is 0.227 e.